The molecule has 1 aromatic rings. The second-order valence-electron chi connectivity index (χ2n) is 4.64. The monoisotopic (exact) mass is 248 g/mol. The SMILES string of the molecule is O=C1CCC(c2ccccc2)CC1C/C=C/Cl. The van der Waals surface area contributed by atoms with Crippen molar-refractivity contribution >= 4 is 17.4 Å². The number of carbonyl (C=O) groups excluding carboxylic acids is 1. The van der Waals surface area contributed by atoms with E-state index >= 15 is 0 Å². The number of benzene rings is 1. The van der Waals surface area contributed by atoms with Crippen LogP contribution in [0.15, 0.2) is 41.9 Å². The quantitative estimate of drug-likeness (QED) is 0.780. The van der Waals surface area contributed by atoms with Crippen LogP contribution in [0.25, 0.3) is 0 Å². The van der Waals surface area contributed by atoms with Crippen LogP contribution in [0.4, 0.5) is 0 Å². The molecule has 0 bridgehead atoms. The van der Waals surface area contributed by atoms with Gasteiger partial charge in [-0.2, -0.15) is 0 Å². The Labute approximate surface area is 107 Å². The zero-order chi connectivity index (χ0) is 12.1. The molecule has 90 valence electrons. The molecule has 2 atom stereocenters. The molecule has 0 heterocycles. The Bertz CT molecular complexity index is 397. The lowest BCUT2D eigenvalue weighted by molar-refractivity contribution is -0.124. The average molecular weight is 249 g/mol. The fourth-order valence-corrected chi connectivity index (χ4v) is 2.69. The van der Waals surface area contributed by atoms with Gasteiger partial charge in [-0.05, 0) is 30.7 Å². The summed E-state index contributed by atoms with van der Waals surface area (Å²) in [5, 5.41) is 0. The first kappa shape index (κ1) is 12.4. The zero-order valence-electron chi connectivity index (χ0n) is 9.81. The van der Waals surface area contributed by atoms with Crippen LogP contribution in [0, 0.1) is 5.92 Å². The van der Waals surface area contributed by atoms with Gasteiger partial charge in [-0.3, -0.25) is 4.79 Å². The number of Topliss-reactive ketones (excluding diaryl/α,β-unsaturated/α-hetero) is 1. The maximum Gasteiger partial charge on any atom is 0.136 e. The van der Waals surface area contributed by atoms with E-state index in [9.17, 15) is 4.79 Å². The molecule has 2 rings (SSSR count). The van der Waals surface area contributed by atoms with E-state index in [0.717, 1.165) is 19.3 Å². The van der Waals surface area contributed by atoms with Crippen molar-refractivity contribution in [2.75, 3.05) is 0 Å². The van der Waals surface area contributed by atoms with Gasteiger partial charge >= 0.3 is 0 Å². The molecule has 0 saturated heterocycles. The average Bonchev–Trinajstić information content (AvgIpc) is 2.39. The summed E-state index contributed by atoms with van der Waals surface area (Å²) >= 11 is 5.53. The Balaban J connectivity index is 2.05. The van der Waals surface area contributed by atoms with Gasteiger partial charge in [-0.15, -0.1) is 0 Å². The lowest BCUT2D eigenvalue weighted by Crippen LogP contribution is -2.23. The van der Waals surface area contributed by atoms with E-state index < -0.39 is 0 Å². The van der Waals surface area contributed by atoms with Gasteiger partial charge in [-0.25, -0.2) is 0 Å². The van der Waals surface area contributed by atoms with Gasteiger partial charge < -0.3 is 0 Å². The zero-order valence-corrected chi connectivity index (χ0v) is 10.6. The van der Waals surface area contributed by atoms with E-state index in [1.54, 1.807) is 0 Å². The number of halogens is 1. The highest BCUT2D eigenvalue weighted by atomic mass is 35.5. The summed E-state index contributed by atoms with van der Waals surface area (Å²) in [6.45, 7) is 0. The van der Waals surface area contributed by atoms with Gasteiger partial charge in [0.15, 0.2) is 0 Å². The van der Waals surface area contributed by atoms with Crippen molar-refractivity contribution < 1.29 is 4.79 Å². The third kappa shape index (κ3) is 3.19. The molecule has 1 fully saturated rings. The van der Waals surface area contributed by atoms with Crippen molar-refractivity contribution in [2.45, 2.75) is 31.6 Å². The third-order valence-electron chi connectivity index (χ3n) is 3.54. The number of hydrogen-bond acceptors (Lipinski definition) is 1. The standard InChI is InChI=1S/C15H17ClO/c16-10-4-7-14-11-13(8-9-15(14)17)12-5-2-1-3-6-12/h1-6,10,13-14H,7-9,11H2/b10-4+. The Morgan fingerprint density at radius 3 is 2.76 bits per heavy atom. The summed E-state index contributed by atoms with van der Waals surface area (Å²) in [5.74, 6) is 1.08. The molecule has 0 aliphatic heterocycles. The first-order valence-electron chi connectivity index (χ1n) is 6.14. The second kappa shape index (κ2) is 6.02. The molecular formula is C15H17ClO. The molecule has 1 saturated carbocycles. The van der Waals surface area contributed by atoms with Gasteiger partial charge in [-0.1, -0.05) is 48.0 Å². The summed E-state index contributed by atoms with van der Waals surface area (Å²) in [5.41, 5.74) is 2.87. The molecule has 1 nitrogen and oxygen atoms in total. The van der Waals surface area contributed by atoms with Crippen LogP contribution in [0.2, 0.25) is 0 Å². The number of rotatable bonds is 3. The van der Waals surface area contributed by atoms with Gasteiger partial charge in [0, 0.05) is 17.9 Å². The molecule has 0 amide bonds. The van der Waals surface area contributed by atoms with E-state index in [4.69, 9.17) is 11.6 Å². The lowest BCUT2D eigenvalue weighted by Gasteiger charge is -2.27. The van der Waals surface area contributed by atoms with Crippen molar-refractivity contribution in [1.29, 1.82) is 0 Å². The molecule has 0 aromatic heterocycles. The Kier molecular flexibility index (Phi) is 4.38. The van der Waals surface area contributed by atoms with E-state index in [2.05, 4.69) is 24.3 Å². The van der Waals surface area contributed by atoms with E-state index in [-0.39, 0.29) is 5.92 Å². The molecule has 17 heavy (non-hydrogen) atoms. The van der Waals surface area contributed by atoms with Crippen LogP contribution in [0.3, 0.4) is 0 Å². The summed E-state index contributed by atoms with van der Waals surface area (Å²) in [4.78, 5) is 11.8. The summed E-state index contributed by atoms with van der Waals surface area (Å²) in [6.07, 6.45) is 5.33. The first-order valence-corrected chi connectivity index (χ1v) is 6.57. The maximum atomic E-state index is 11.8. The van der Waals surface area contributed by atoms with Crippen molar-refractivity contribution in [3.05, 3.63) is 47.5 Å². The molecular weight excluding hydrogens is 232 g/mol. The molecule has 1 aromatic carbocycles. The van der Waals surface area contributed by atoms with Crippen LogP contribution in [-0.2, 0) is 4.79 Å². The minimum absolute atomic E-state index is 0.156. The number of allylic oxidation sites excluding steroid dienone is 1. The van der Waals surface area contributed by atoms with Crippen molar-refractivity contribution in [3.8, 4) is 0 Å². The molecule has 0 spiro atoms. The van der Waals surface area contributed by atoms with Gasteiger partial charge in [0.25, 0.3) is 0 Å². The van der Waals surface area contributed by atoms with E-state index in [1.807, 2.05) is 12.1 Å². The predicted molar refractivity (Wildman–Crippen MR) is 71.1 cm³/mol. The minimum atomic E-state index is 0.156. The number of hydrogen-bond donors (Lipinski definition) is 0. The highest BCUT2D eigenvalue weighted by Crippen LogP contribution is 2.35. The highest BCUT2D eigenvalue weighted by molar-refractivity contribution is 6.25. The van der Waals surface area contributed by atoms with Crippen LogP contribution in [0.1, 0.15) is 37.2 Å². The van der Waals surface area contributed by atoms with Gasteiger partial charge in [0.05, 0.1) is 0 Å². The molecule has 0 radical (unpaired) electrons. The van der Waals surface area contributed by atoms with Gasteiger partial charge in [0.1, 0.15) is 5.78 Å². The third-order valence-corrected chi connectivity index (χ3v) is 3.72. The molecule has 0 N–H and O–H groups in total. The van der Waals surface area contributed by atoms with Crippen LogP contribution in [0.5, 0.6) is 0 Å². The molecule has 2 heteroatoms. The molecule has 1 aliphatic rings. The van der Waals surface area contributed by atoms with Crippen molar-refractivity contribution in [3.63, 3.8) is 0 Å². The maximum absolute atomic E-state index is 11.8. The van der Waals surface area contributed by atoms with Crippen molar-refractivity contribution in [2.24, 2.45) is 5.92 Å². The number of ketones is 1. The normalized spacial score (nSPS) is 25.4. The fourth-order valence-electron chi connectivity index (χ4n) is 2.58. The smallest absolute Gasteiger partial charge is 0.136 e. The van der Waals surface area contributed by atoms with Crippen LogP contribution >= 0.6 is 11.6 Å². The number of carbonyl (C=O) groups is 1. The highest BCUT2D eigenvalue weighted by Gasteiger charge is 2.28. The summed E-state index contributed by atoms with van der Waals surface area (Å²) in [7, 11) is 0. The minimum Gasteiger partial charge on any atom is -0.299 e. The Hall–Kier alpha value is -1.08. The summed E-state index contributed by atoms with van der Waals surface area (Å²) in [6, 6.07) is 10.5. The predicted octanol–water partition coefficient (Wildman–Crippen LogP) is 4.28. The van der Waals surface area contributed by atoms with E-state index in [0.29, 0.717) is 18.1 Å². The Morgan fingerprint density at radius 2 is 2.06 bits per heavy atom. The topological polar surface area (TPSA) is 17.1 Å². The van der Waals surface area contributed by atoms with Crippen LogP contribution in [-0.4, -0.2) is 5.78 Å². The lowest BCUT2D eigenvalue weighted by atomic mass is 9.76. The van der Waals surface area contributed by atoms with Crippen molar-refractivity contribution in [1.82, 2.24) is 0 Å². The van der Waals surface area contributed by atoms with Gasteiger partial charge in [0.2, 0.25) is 0 Å². The molecule has 1 aliphatic carbocycles. The molecule has 2 unspecified atom stereocenters. The Morgan fingerprint density at radius 1 is 1.29 bits per heavy atom. The largest absolute Gasteiger partial charge is 0.299 e. The fraction of sp³-hybridized carbons (Fsp3) is 0.400. The van der Waals surface area contributed by atoms with Crippen LogP contribution < -0.4 is 0 Å². The summed E-state index contributed by atoms with van der Waals surface area (Å²) < 4.78 is 0. The second-order valence-corrected chi connectivity index (χ2v) is 4.89. The van der Waals surface area contributed by atoms with E-state index in [1.165, 1.54) is 11.1 Å². The first-order chi connectivity index (χ1) is 8.31.